The van der Waals surface area contributed by atoms with Crippen molar-refractivity contribution in [2.75, 3.05) is 0 Å². The van der Waals surface area contributed by atoms with Gasteiger partial charge in [-0.05, 0) is 35.4 Å². The van der Waals surface area contributed by atoms with Crippen LogP contribution in [0.4, 0.5) is 0 Å². The minimum Gasteiger partial charge on any atom is -0.347 e. The molecule has 140 valence electrons. The lowest BCUT2D eigenvalue weighted by Gasteiger charge is -2.07. The highest BCUT2D eigenvalue weighted by atomic mass is 79.9. The molecule has 0 aliphatic rings. The van der Waals surface area contributed by atoms with Gasteiger partial charge < -0.3 is 4.57 Å². The highest BCUT2D eigenvalue weighted by molar-refractivity contribution is 9.10. The second-order valence-corrected chi connectivity index (χ2v) is 7.65. The van der Waals surface area contributed by atoms with Gasteiger partial charge in [-0.15, -0.1) is 0 Å². The molecule has 0 unspecified atom stereocenters. The van der Waals surface area contributed by atoms with Crippen molar-refractivity contribution >= 4 is 49.7 Å². The molecule has 1 N–H and O–H groups in total. The van der Waals surface area contributed by atoms with Crippen molar-refractivity contribution in [3.63, 3.8) is 0 Å². The summed E-state index contributed by atoms with van der Waals surface area (Å²) < 4.78 is 3.16. The second-order valence-electron chi connectivity index (χ2n) is 6.80. The number of carbonyl (C=O) groups excluding carboxylic acids is 1. The number of hydrazone groups is 1. The Morgan fingerprint density at radius 2 is 1.71 bits per heavy atom. The third kappa shape index (κ3) is 3.34. The Hall–Kier alpha value is -2.92. The van der Waals surface area contributed by atoms with Crippen LogP contribution in [0.2, 0.25) is 0 Å². The molecule has 0 saturated heterocycles. The van der Waals surface area contributed by atoms with E-state index >= 15 is 0 Å². The Bertz CT molecular complexity index is 1220. The monoisotopic (exact) mass is 433 g/mol. The molecule has 1 aromatic heterocycles. The Morgan fingerprint density at radius 1 is 1.04 bits per heavy atom. The van der Waals surface area contributed by atoms with Gasteiger partial charge >= 0.3 is 0 Å². The smallest absolute Gasteiger partial charge is 0.244 e. The lowest BCUT2D eigenvalue weighted by atomic mass is 10.0. The maximum atomic E-state index is 12.4. The maximum absolute atomic E-state index is 12.4. The van der Waals surface area contributed by atoms with Crippen LogP contribution in [0, 0.1) is 6.92 Å². The molecular formula is C23H20BrN3O. The average Bonchev–Trinajstić information content (AvgIpc) is 2.95. The molecule has 0 spiro atoms. The van der Waals surface area contributed by atoms with E-state index in [1.807, 2.05) is 55.6 Å². The number of amides is 1. The summed E-state index contributed by atoms with van der Waals surface area (Å²) in [7, 11) is 2.03. The van der Waals surface area contributed by atoms with Crippen molar-refractivity contribution in [1.82, 2.24) is 9.99 Å². The van der Waals surface area contributed by atoms with Gasteiger partial charge in [-0.1, -0.05) is 64.5 Å². The van der Waals surface area contributed by atoms with Crippen LogP contribution >= 0.6 is 15.9 Å². The van der Waals surface area contributed by atoms with E-state index in [-0.39, 0.29) is 12.3 Å². The number of para-hydroxylation sites is 1. The zero-order chi connectivity index (χ0) is 19.7. The zero-order valence-electron chi connectivity index (χ0n) is 15.7. The van der Waals surface area contributed by atoms with E-state index in [1.54, 1.807) is 6.21 Å². The molecule has 0 saturated carbocycles. The van der Waals surface area contributed by atoms with Gasteiger partial charge in [0.1, 0.15) is 0 Å². The predicted octanol–water partition coefficient (Wildman–Crippen LogP) is 5.10. The SMILES string of the molecule is Cc1c(/C=N\NC(=O)Cc2ccc(Br)c3ccccc23)c2ccccc2n1C. The summed E-state index contributed by atoms with van der Waals surface area (Å²) in [6.07, 6.45) is 2.01. The number of nitrogens with zero attached hydrogens (tertiary/aromatic N) is 2. The Kier molecular flexibility index (Phi) is 5.01. The number of fused-ring (bicyclic) bond motifs is 2. The fraction of sp³-hybridized carbons (Fsp3) is 0.130. The summed E-state index contributed by atoms with van der Waals surface area (Å²) in [4.78, 5) is 12.4. The first kappa shape index (κ1) is 18.4. The number of benzene rings is 3. The Balaban J connectivity index is 1.53. The fourth-order valence-corrected chi connectivity index (χ4v) is 4.05. The van der Waals surface area contributed by atoms with E-state index in [2.05, 4.69) is 50.1 Å². The first-order valence-corrected chi connectivity index (χ1v) is 9.87. The number of hydrogen-bond acceptors (Lipinski definition) is 2. The number of rotatable bonds is 4. The number of halogens is 1. The van der Waals surface area contributed by atoms with E-state index in [0.29, 0.717) is 0 Å². The number of carbonyl (C=O) groups is 1. The maximum Gasteiger partial charge on any atom is 0.244 e. The number of aromatic nitrogens is 1. The third-order valence-electron chi connectivity index (χ3n) is 5.14. The van der Waals surface area contributed by atoms with Gasteiger partial charge in [0.25, 0.3) is 0 Å². The highest BCUT2D eigenvalue weighted by Gasteiger charge is 2.10. The molecule has 0 aliphatic carbocycles. The van der Waals surface area contributed by atoms with Gasteiger partial charge in [0.2, 0.25) is 5.91 Å². The van der Waals surface area contributed by atoms with Crippen molar-refractivity contribution in [3.05, 3.63) is 82.0 Å². The lowest BCUT2D eigenvalue weighted by molar-refractivity contribution is -0.120. The van der Waals surface area contributed by atoms with Crippen molar-refractivity contribution in [2.45, 2.75) is 13.3 Å². The van der Waals surface area contributed by atoms with Crippen LogP contribution < -0.4 is 5.43 Å². The molecule has 5 heteroatoms. The third-order valence-corrected chi connectivity index (χ3v) is 5.84. The van der Waals surface area contributed by atoms with Crippen LogP contribution in [-0.2, 0) is 18.3 Å². The van der Waals surface area contributed by atoms with Crippen LogP contribution in [0.15, 0.2) is 70.2 Å². The summed E-state index contributed by atoms with van der Waals surface area (Å²) in [6, 6.07) is 20.2. The van der Waals surface area contributed by atoms with Gasteiger partial charge in [0, 0.05) is 33.7 Å². The van der Waals surface area contributed by atoms with E-state index < -0.39 is 0 Å². The van der Waals surface area contributed by atoms with E-state index in [0.717, 1.165) is 43.0 Å². The molecule has 0 fully saturated rings. The Labute approximate surface area is 172 Å². The number of hydrogen-bond donors (Lipinski definition) is 1. The van der Waals surface area contributed by atoms with Gasteiger partial charge in [-0.3, -0.25) is 4.79 Å². The predicted molar refractivity (Wildman–Crippen MR) is 119 cm³/mol. The highest BCUT2D eigenvalue weighted by Crippen LogP contribution is 2.27. The normalized spacial score (nSPS) is 11.5. The summed E-state index contributed by atoms with van der Waals surface area (Å²) in [5.74, 6) is -0.137. The standard InChI is InChI=1S/C23H20BrN3O/c1-15-20(19-9-5-6-10-22(19)27(15)2)14-25-26-23(28)13-16-11-12-21(24)18-8-4-3-7-17(16)18/h3-12,14H,13H2,1-2H3,(H,26,28)/b25-14-. The van der Waals surface area contributed by atoms with Gasteiger partial charge in [0.15, 0.2) is 0 Å². The molecule has 3 aromatic carbocycles. The number of aryl methyl sites for hydroxylation is 1. The first-order valence-electron chi connectivity index (χ1n) is 9.08. The van der Waals surface area contributed by atoms with E-state index in [1.165, 1.54) is 0 Å². The molecule has 0 radical (unpaired) electrons. The summed E-state index contributed by atoms with van der Waals surface area (Å²) in [5.41, 5.74) is 6.93. The molecule has 4 aromatic rings. The molecule has 0 atom stereocenters. The van der Waals surface area contributed by atoms with Crippen LogP contribution in [0.5, 0.6) is 0 Å². The van der Waals surface area contributed by atoms with Crippen LogP contribution in [-0.4, -0.2) is 16.7 Å². The topological polar surface area (TPSA) is 46.4 Å². The van der Waals surface area contributed by atoms with Crippen molar-refractivity contribution in [3.8, 4) is 0 Å². The van der Waals surface area contributed by atoms with Crippen LogP contribution in [0.1, 0.15) is 16.8 Å². The van der Waals surface area contributed by atoms with Crippen LogP contribution in [0.25, 0.3) is 21.7 Å². The summed E-state index contributed by atoms with van der Waals surface area (Å²) >= 11 is 3.57. The van der Waals surface area contributed by atoms with E-state index in [4.69, 9.17) is 0 Å². The van der Waals surface area contributed by atoms with Crippen molar-refractivity contribution < 1.29 is 4.79 Å². The van der Waals surface area contributed by atoms with Crippen LogP contribution in [0.3, 0.4) is 0 Å². The van der Waals surface area contributed by atoms with Gasteiger partial charge in [-0.2, -0.15) is 5.10 Å². The lowest BCUT2D eigenvalue weighted by Crippen LogP contribution is -2.20. The summed E-state index contributed by atoms with van der Waals surface area (Å²) in [6.45, 7) is 2.05. The largest absolute Gasteiger partial charge is 0.347 e. The summed E-state index contributed by atoms with van der Waals surface area (Å²) in [5, 5.41) is 7.51. The molecule has 0 bridgehead atoms. The fourth-order valence-electron chi connectivity index (χ4n) is 3.57. The molecule has 0 aliphatic heterocycles. The van der Waals surface area contributed by atoms with Crippen molar-refractivity contribution in [2.24, 2.45) is 12.1 Å². The zero-order valence-corrected chi connectivity index (χ0v) is 17.3. The quantitative estimate of drug-likeness (QED) is 0.353. The average molecular weight is 434 g/mol. The van der Waals surface area contributed by atoms with Crippen molar-refractivity contribution in [1.29, 1.82) is 0 Å². The molecule has 1 heterocycles. The molecular weight excluding hydrogens is 414 g/mol. The minimum absolute atomic E-state index is 0.137. The minimum atomic E-state index is -0.137. The molecule has 4 nitrogen and oxygen atoms in total. The van der Waals surface area contributed by atoms with Gasteiger partial charge in [0.05, 0.1) is 12.6 Å². The van der Waals surface area contributed by atoms with Gasteiger partial charge in [-0.25, -0.2) is 5.43 Å². The Morgan fingerprint density at radius 3 is 2.50 bits per heavy atom. The molecule has 4 rings (SSSR count). The number of nitrogens with one attached hydrogen (secondary N) is 1. The second kappa shape index (κ2) is 7.60. The van der Waals surface area contributed by atoms with E-state index in [9.17, 15) is 4.79 Å². The molecule has 1 amide bonds. The first-order chi connectivity index (χ1) is 13.6. The molecule has 28 heavy (non-hydrogen) atoms.